The lowest BCUT2D eigenvalue weighted by Gasteiger charge is -2.07. The van der Waals surface area contributed by atoms with Gasteiger partial charge in [-0.15, -0.1) is 0 Å². The lowest BCUT2D eigenvalue weighted by molar-refractivity contribution is 0.877. The van der Waals surface area contributed by atoms with E-state index in [1.165, 1.54) is 35.4 Å². The van der Waals surface area contributed by atoms with Gasteiger partial charge < -0.3 is 4.57 Å². The highest BCUT2D eigenvalue weighted by Crippen LogP contribution is 2.31. The van der Waals surface area contributed by atoms with Gasteiger partial charge in [0.25, 0.3) is 0 Å². The molecule has 1 heterocycles. The Kier molecular flexibility index (Phi) is 1.91. The summed E-state index contributed by atoms with van der Waals surface area (Å²) >= 11 is 0. The van der Waals surface area contributed by atoms with Crippen LogP contribution in [0.3, 0.4) is 0 Å². The first-order chi connectivity index (χ1) is 7.38. The van der Waals surface area contributed by atoms with Crippen LogP contribution in [-0.4, -0.2) is 4.57 Å². The fourth-order valence-electron chi connectivity index (χ4n) is 2.53. The van der Waals surface area contributed by atoms with Crippen molar-refractivity contribution in [3.63, 3.8) is 0 Å². The summed E-state index contributed by atoms with van der Waals surface area (Å²) in [5.41, 5.74) is 5.71. The third kappa shape index (κ3) is 1.23. The van der Waals surface area contributed by atoms with Crippen molar-refractivity contribution in [2.24, 2.45) is 7.05 Å². The summed E-state index contributed by atoms with van der Waals surface area (Å²) in [4.78, 5) is 0. The van der Waals surface area contributed by atoms with Gasteiger partial charge in [-0.05, 0) is 37.0 Å². The standard InChI is InChI=1S/C14H15N/c1-15-13-9-4-2-3-7-11(13)12-8-5-6-10-14(12)15/h3-4,6-7,9-10H,2,5,8H2,1H3. The summed E-state index contributed by atoms with van der Waals surface area (Å²) in [5, 5.41) is 0. The van der Waals surface area contributed by atoms with E-state index in [2.05, 4.69) is 48.1 Å². The predicted molar refractivity (Wildman–Crippen MR) is 65.5 cm³/mol. The minimum atomic E-state index is 1.05. The summed E-state index contributed by atoms with van der Waals surface area (Å²) < 4.78 is 2.31. The van der Waals surface area contributed by atoms with Crippen LogP contribution in [0.1, 0.15) is 35.4 Å². The van der Waals surface area contributed by atoms with E-state index in [1.54, 1.807) is 0 Å². The molecular weight excluding hydrogens is 182 g/mol. The zero-order valence-corrected chi connectivity index (χ0v) is 9.03. The Balaban J connectivity index is 2.31. The molecule has 0 bridgehead atoms. The average molecular weight is 197 g/mol. The highest BCUT2D eigenvalue weighted by molar-refractivity contribution is 5.74. The van der Waals surface area contributed by atoms with Gasteiger partial charge in [0.05, 0.1) is 0 Å². The minimum Gasteiger partial charge on any atom is -0.344 e. The molecule has 0 radical (unpaired) electrons. The van der Waals surface area contributed by atoms with Gasteiger partial charge in [0, 0.05) is 24.0 Å². The van der Waals surface area contributed by atoms with E-state index < -0.39 is 0 Å². The fraction of sp³-hybridized carbons (Fsp3) is 0.286. The molecule has 0 saturated carbocycles. The maximum absolute atomic E-state index is 2.31. The number of rotatable bonds is 0. The van der Waals surface area contributed by atoms with Crippen molar-refractivity contribution in [1.82, 2.24) is 4.57 Å². The Morgan fingerprint density at radius 1 is 1.00 bits per heavy atom. The van der Waals surface area contributed by atoms with E-state index in [4.69, 9.17) is 0 Å². The molecule has 0 atom stereocenters. The molecule has 0 unspecified atom stereocenters. The van der Waals surface area contributed by atoms with Crippen molar-refractivity contribution in [2.75, 3.05) is 0 Å². The molecule has 2 aliphatic rings. The molecule has 0 saturated heterocycles. The second kappa shape index (κ2) is 3.27. The number of fused-ring (bicyclic) bond motifs is 3. The fourth-order valence-corrected chi connectivity index (χ4v) is 2.53. The van der Waals surface area contributed by atoms with Crippen LogP contribution < -0.4 is 0 Å². The van der Waals surface area contributed by atoms with Crippen LogP contribution >= 0.6 is 0 Å². The smallest absolute Gasteiger partial charge is 0.0482 e. The zero-order valence-electron chi connectivity index (χ0n) is 9.03. The Hall–Kier alpha value is -1.50. The maximum Gasteiger partial charge on any atom is 0.0482 e. The van der Waals surface area contributed by atoms with Crippen LogP contribution in [0.25, 0.3) is 18.2 Å². The average Bonchev–Trinajstić information content (AvgIpc) is 2.48. The molecule has 1 aromatic heterocycles. The van der Waals surface area contributed by atoms with Crippen molar-refractivity contribution in [3.8, 4) is 0 Å². The van der Waals surface area contributed by atoms with Crippen LogP contribution in [-0.2, 0) is 13.5 Å². The minimum absolute atomic E-state index is 1.05. The first-order valence-electron chi connectivity index (χ1n) is 5.59. The van der Waals surface area contributed by atoms with Gasteiger partial charge in [0.15, 0.2) is 0 Å². The number of nitrogens with zero attached hydrogens (tertiary/aromatic N) is 1. The molecule has 76 valence electrons. The van der Waals surface area contributed by atoms with Gasteiger partial charge in [-0.2, -0.15) is 0 Å². The van der Waals surface area contributed by atoms with Crippen molar-refractivity contribution in [3.05, 3.63) is 40.7 Å². The quantitative estimate of drug-likeness (QED) is 0.600. The Morgan fingerprint density at radius 3 is 2.73 bits per heavy atom. The summed E-state index contributed by atoms with van der Waals surface area (Å²) in [7, 11) is 2.16. The molecule has 0 fully saturated rings. The van der Waals surface area contributed by atoms with Crippen LogP contribution in [0.2, 0.25) is 0 Å². The largest absolute Gasteiger partial charge is 0.344 e. The third-order valence-electron chi connectivity index (χ3n) is 3.30. The molecule has 0 N–H and O–H groups in total. The van der Waals surface area contributed by atoms with Crippen LogP contribution in [0.5, 0.6) is 0 Å². The maximum atomic E-state index is 2.31. The number of allylic oxidation sites excluding steroid dienone is 3. The normalized spacial score (nSPS) is 17.4. The van der Waals surface area contributed by atoms with Gasteiger partial charge in [-0.25, -0.2) is 0 Å². The predicted octanol–water partition coefficient (Wildman–Crippen LogP) is 3.41. The summed E-state index contributed by atoms with van der Waals surface area (Å²) in [5.74, 6) is 0. The van der Waals surface area contributed by atoms with Crippen LogP contribution in [0, 0.1) is 0 Å². The molecule has 3 rings (SSSR count). The monoisotopic (exact) mass is 197 g/mol. The molecule has 1 heteroatoms. The van der Waals surface area contributed by atoms with E-state index in [9.17, 15) is 0 Å². The molecule has 1 nitrogen and oxygen atoms in total. The molecular formula is C14H15N. The highest BCUT2D eigenvalue weighted by atomic mass is 15.0. The number of aromatic nitrogens is 1. The van der Waals surface area contributed by atoms with Crippen LogP contribution in [0.15, 0.2) is 18.2 Å². The van der Waals surface area contributed by atoms with E-state index in [-0.39, 0.29) is 0 Å². The zero-order chi connectivity index (χ0) is 10.3. The summed E-state index contributed by atoms with van der Waals surface area (Å²) in [6.07, 6.45) is 17.0. The van der Waals surface area contributed by atoms with Crippen LogP contribution in [0.4, 0.5) is 0 Å². The Labute approximate surface area is 90.4 Å². The van der Waals surface area contributed by atoms with Crippen molar-refractivity contribution >= 4 is 18.2 Å². The number of hydrogen-bond acceptors (Lipinski definition) is 0. The van der Waals surface area contributed by atoms with E-state index >= 15 is 0 Å². The molecule has 1 aromatic rings. The molecule has 0 aromatic carbocycles. The van der Waals surface area contributed by atoms with Gasteiger partial charge in [0.1, 0.15) is 0 Å². The first-order valence-corrected chi connectivity index (χ1v) is 5.59. The molecule has 0 aliphatic heterocycles. The Morgan fingerprint density at radius 2 is 1.80 bits per heavy atom. The van der Waals surface area contributed by atoms with Gasteiger partial charge in [-0.3, -0.25) is 0 Å². The van der Waals surface area contributed by atoms with E-state index in [0.29, 0.717) is 0 Å². The molecule has 2 aliphatic carbocycles. The topological polar surface area (TPSA) is 4.93 Å². The molecule has 0 spiro atoms. The summed E-state index contributed by atoms with van der Waals surface area (Å²) in [6.45, 7) is 0. The summed E-state index contributed by atoms with van der Waals surface area (Å²) in [6, 6.07) is 0. The lowest BCUT2D eigenvalue weighted by Crippen LogP contribution is -1.97. The highest BCUT2D eigenvalue weighted by Gasteiger charge is 2.17. The third-order valence-corrected chi connectivity index (χ3v) is 3.30. The SMILES string of the molecule is Cn1c2c(c3c1C=CCC3)C=CCC=C2. The van der Waals surface area contributed by atoms with Crippen molar-refractivity contribution < 1.29 is 0 Å². The second-order valence-electron chi connectivity index (χ2n) is 4.20. The van der Waals surface area contributed by atoms with Gasteiger partial charge in [0.2, 0.25) is 0 Å². The van der Waals surface area contributed by atoms with E-state index in [0.717, 1.165) is 6.42 Å². The van der Waals surface area contributed by atoms with Crippen molar-refractivity contribution in [2.45, 2.75) is 19.3 Å². The second-order valence-corrected chi connectivity index (χ2v) is 4.20. The van der Waals surface area contributed by atoms with E-state index in [1.807, 2.05) is 0 Å². The lowest BCUT2D eigenvalue weighted by atomic mass is 9.99. The van der Waals surface area contributed by atoms with Crippen molar-refractivity contribution in [1.29, 1.82) is 0 Å². The first kappa shape index (κ1) is 8.78. The molecule has 0 amide bonds. The van der Waals surface area contributed by atoms with Gasteiger partial charge in [-0.1, -0.05) is 24.3 Å². The van der Waals surface area contributed by atoms with Gasteiger partial charge >= 0.3 is 0 Å². The molecule has 15 heavy (non-hydrogen) atoms. The Bertz CT molecular complexity index is 484. The number of hydrogen-bond donors (Lipinski definition) is 0.